The molecule has 0 atom stereocenters. The maximum Gasteiger partial charge on any atom is 0.227 e. The van der Waals surface area contributed by atoms with Gasteiger partial charge in [-0.1, -0.05) is 0 Å². The van der Waals surface area contributed by atoms with E-state index in [4.69, 9.17) is 14.3 Å². The van der Waals surface area contributed by atoms with Gasteiger partial charge >= 0.3 is 0 Å². The standard InChI is InChI=1S/C23H25N3O4/c27-16-22-8-7-21(30-22)15-26-12-9-17(10-13-26)23(28)25-18-3-5-19(6-4-18)29-20-2-1-11-24-14-20/h1-8,11,14,17,27H,9-10,12-13,15-16H2,(H,25,28). The molecule has 0 radical (unpaired) electrons. The van der Waals surface area contributed by atoms with Gasteiger partial charge in [0.25, 0.3) is 0 Å². The molecular formula is C23H25N3O4. The number of aliphatic hydroxyl groups excluding tert-OH is 1. The molecule has 2 aromatic heterocycles. The monoisotopic (exact) mass is 407 g/mol. The predicted octanol–water partition coefficient (Wildman–Crippen LogP) is 3.81. The predicted molar refractivity (Wildman–Crippen MR) is 112 cm³/mol. The number of pyridine rings is 1. The summed E-state index contributed by atoms with van der Waals surface area (Å²) in [6.07, 6.45) is 4.96. The molecule has 1 fully saturated rings. The highest BCUT2D eigenvalue weighted by atomic mass is 16.5. The van der Waals surface area contributed by atoms with Crippen LogP contribution in [0.15, 0.2) is 65.3 Å². The van der Waals surface area contributed by atoms with Crippen molar-refractivity contribution in [3.8, 4) is 11.5 Å². The molecule has 0 spiro atoms. The molecule has 156 valence electrons. The topological polar surface area (TPSA) is 87.8 Å². The van der Waals surface area contributed by atoms with E-state index in [2.05, 4.69) is 15.2 Å². The van der Waals surface area contributed by atoms with E-state index in [-0.39, 0.29) is 18.4 Å². The first kappa shape index (κ1) is 20.1. The van der Waals surface area contributed by atoms with Crippen LogP contribution in [0.2, 0.25) is 0 Å². The van der Waals surface area contributed by atoms with Gasteiger partial charge in [0.05, 0.1) is 12.7 Å². The van der Waals surface area contributed by atoms with Crippen LogP contribution in [0.3, 0.4) is 0 Å². The Hall–Kier alpha value is -3.16. The lowest BCUT2D eigenvalue weighted by Crippen LogP contribution is -2.37. The minimum atomic E-state index is -0.0845. The average molecular weight is 407 g/mol. The van der Waals surface area contributed by atoms with Crippen LogP contribution in [0.1, 0.15) is 24.4 Å². The minimum Gasteiger partial charge on any atom is -0.462 e. The molecule has 4 rings (SSSR count). The van der Waals surface area contributed by atoms with Crippen molar-refractivity contribution in [2.45, 2.75) is 26.0 Å². The molecule has 1 aromatic carbocycles. The third-order valence-corrected chi connectivity index (χ3v) is 5.20. The number of anilines is 1. The Balaban J connectivity index is 1.24. The number of piperidine rings is 1. The van der Waals surface area contributed by atoms with E-state index in [0.29, 0.717) is 23.8 Å². The molecule has 1 aliphatic rings. The number of carbonyl (C=O) groups excluding carboxylic acids is 1. The number of nitrogens with zero attached hydrogens (tertiary/aromatic N) is 2. The van der Waals surface area contributed by atoms with E-state index in [1.165, 1.54) is 0 Å². The van der Waals surface area contributed by atoms with E-state index in [1.807, 2.05) is 42.5 Å². The summed E-state index contributed by atoms with van der Waals surface area (Å²) in [5.74, 6) is 2.83. The number of amides is 1. The molecular weight excluding hydrogens is 382 g/mol. The number of likely N-dealkylation sites (tertiary alicyclic amines) is 1. The van der Waals surface area contributed by atoms with Crippen LogP contribution in [-0.4, -0.2) is 34.0 Å². The summed E-state index contributed by atoms with van der Waals surface area (Å²) in [4.78, 5) is 18.9. The maximum atomic E-state index is 12.6. The number of ether oxygens (including phenoxy) is 1. The number of aromatic nitrogens is 1. The highest BCUT2D eigenvalue weighted by Gasteiger charge is 2.25. The first-order valence-electron chi connectivity index (χ1n) is 10.1. The summed E-state index contributed by atoms with van der Waals surface area (Å²) in [6, 6.07) is 14.7. The molecule has 0 unspecified atom stereocenters. The summed E-state index contributed by atoms with van der Waals surface area (Å²) in [7, 11) is 0. The molecule has 30 heavy (non-hydrogen) atoms. The third-order valence-electron chi connectivity index (χ3n) is 5.20. The van der Waals surface area contributed by atoms with Gasteiger partial charge in [0.15, 0.2) is 0 Å². The third kappa shape index (κ3) is 5.25. The largest absolute Gasteiger partial charge is 0.462 e. The number of carbonyl (C=O) groups is 1. The summed E-state index contributed by atoms with van der Waals surface area (Å²) in [6.45, 7) is 2.29. The smallest absolute Gasteiger partial charge is 0.227 e. The Labute approximate surface area is 175 Å². The average Bonchev–Trinajstić information content (AvgIpc) is 3.24. The summed E-state index contributed by atoms with van der Waals surface area (Å²) in [5.41, 5.74) is 0.757. The van der Waals surface area contributed by atoms with E-state index < -0.39 is 0 Å². The van der Waals surface area contributed by atoms with E-state index in [1.54, 1.807) is 18.5 Å². The normalized spacial score (nSPS) is 15.1. The zero-order chi connectivity index (χ0) is 20.8. The molecule has 2 N–H and O–H groups in total. The first-order valence-corrected chi connectivity index (χ1v) is 10.1. The zero-order valence-corrected chi connectivity index (χ0v) is 16.7. The second-order valence-corrected chi connectivity index (χ2v) is 7.38. The number of nitrogens with one attached hydrogen (secondary N) is 1. The molecule has 1 aliphatic heterocycles. The number of aliphatic hydroxyl groups is 1. The van der Waals surface area contributed by atoms with E-state index in [9.17, 15) is 4.79 Å². The Kier molecular flexibility index (Phi) is 6.41. The summed E-state index contributed by atoms with van der Waals surface area (Å²) in [5, 5.41) is 12.1. The molecule has 3 aromatic rings. The molecule has 7 heteroatoms. The molecule has 1 saturated heterocycles. The van der Waals surface area contributed by atoms with Crippen molar-refractivity contribution in [2.75, 3.05) is 18.4 Å². The summed E-state index contributed by atoms with van der Waals surface area (Å²) >= 11 is 0. The van der Waals surface area contributed by atoms with Crippen molar-refractivity contribution in [1.29, 1.82) is 0 Å². The summed E-state index contributed by atoms with van der Waals surface area (Å²) < 4.78 is 11.3. The fourth-order valence-electron chi connectivity index (χ4n) is 3.56. The van der Waals surface area contributed by atoms with Crippen LogP contribution < -0.4 is 10.1 Å². The number of rotatable bonds is 7. The number of benzene rings is 1. The minimum absolute atomic E-state index is 0.00262. The lowest BCUT2D eigenvalue weighted by molar-refractivity contribution is -0.121. The van der Waals surface area contributed by atoms with Gasteiger partial charge in [0, 0.05) is 17.8 Å². The highest BCUT2D eigenvalue weighted by molar-refractivity contribution is 5.92. The van der Waals surface area contributed by atoms with Crippen molar-refractivity contribution in [3.05, 3.63) is 72.4 Å². The Morgan fingerprint density at radius 1 is 1.10 bits per heavy atom. The second-order valence-electron chi connectivity index (χ2n) is 7.38. The second kappa shape index (κ2) is 9.56. The maximum absolute atomic E-state index is 12.6. The molecule has 0 saturated carbocycles. The van der Waals surface area contributed by atoms with Gasteiger partial charge in [-0.25, -0.2) is 0 Å². The van der Waals surface area contributed by atoms with Crippen LogP contribution >= 0.6 is 0 Å². The van der Waals surface area contributed by atoms with Gasteiger partial charge in [-0.3, -0.25) is 14.7 Å². The van der Waals surface area contributed by atoms with Gasteiger partial charge in [-0.15, -0.1) is 0 Å². The van der Waals surface area contributed by atoms with Crippen LogP contribution in [0.4, 0.5) is 5.69 Å². The van der Waals surface area contributed by atoms with E-state index in [0.717, 1.165) is 37.4 Å². The van der Waals surface area contributed by atoms with Gasteiger partial charge < -0.3 is 19.6 Å². The highest BCUT2D eigenvalue weighted by Crippen LogP contribution is 2.24. The molecule has 0 bridgehead atoms. The lowest BCUT2D eigenvalue weighted by atomic mass is 9.95. The fraction of sp³-hybridized carbons (Fsp3) is 0.304. The first-order chi connectivity index (χ1) is 14.7. The van der Waals surface area contributed by atoms with Crippen LogP contribution in [0.25, 0.3) is 0 Å². The van der Waals surface area contributed by atoms with Crippen molar-refractivity contribution in [3.63, 3.8) is 0 Å². The fourth-order valence-corrected chi connectivity index (χ4v) is 3.56. The van der Waals surface area contributed by atoms with Crippen molar-refractivity contribution < 1.29 is 19.1 Å². The molecule has 3 heterocycles. The van der Waals surface area contributed by atoms with Crippen LogP contribution in [0, 0.1) is 5.92 Å². The Morgan fingerprint density at radius 3 is 2.53 bits per heavy atom. The van der Waals surface area contributed by atoms with Crippen molar-refractivity contribution in [1.82, 2.24) is 9.88 Å². The van der Waals surface area contributed by atoms with Gasteiger partial charge in [0.1, 0.15) is 29.6 Å². The zero-order valence-electron chi connectivity index (χ0n) is 16.7. The van der Waals surface area contributed by atoms with Gasteiger partial charge in [-0.2, -0.15) is 0 Å². The molecule has 0 aliphatic carbocycles. The lowest BCUT2D eigenvalue weighted by Gasteiger charge is -2.30. The number of furan rings is 1. The Bertz CT molecular complexity index is 948. The van der Waals surface area contributed by atoms with Gasteiger partial charge in [0.2, 0.25) is 5.91 Å². The van der Waals surface area contributed by atoms with Crippen LogP contribution in [-0.2, 0) is 17.9 Å². The molecule has 7 nitrogen and oxygen atoms in total. The Morgan fingerprint density at radius 2 is 1.87 bits per heavy atom. The van der Waals surface area contributed by atoms with E-state index >= 15 is 0 Å². The van der Waals surface area contributed by atoms with Crippen molar-refractivity contribution >= 4 is 11.6 Å². The molecule has 1 amide bonds. The number of hydrogen-bond donors (Lipinski definition) is 2. The van der Waals surface area contributed by atoms with Crippen molar-refractivity contribution in [2.24, 2.45) is 5.92 Å². The van der Waals surface area contributed by atoms with Crippen LogP contribution in [0.5, 0.6) is 11.5 Å². The quantitative estimate of drug-likeness (QED) is 0.619. The van der Waals surface area contributed by atoms with Gasteiger partial charge in [-0.05, 0) is 74.5 Å². The number of hydrogen-bond acceptors (Lipinski definition) is 6. The SMILES string of the molecule is O=C(Nc1ccc(Oc2cccnc2)cc1)C1CCN(Cc2ccc(CO)o2)CC1.